The Morgan fingerprint density at radius 2 is 1.69 bits per heavy atom. The fourth-order valence-electron chi connectivity index (χ4n) is 3.13. The minimum Gasteiger partial charge on any atom is -0.372 e. The van der Waals surface area contributed by atoms with E-state index in [2.05, 4.69) is 9.64 Å². The lowest BCUT2D eigenvalue weighted by atomic mass is 9.83. The van der Waals surface area contributed by atoms with Crippen LogP contribution in [-0.2, 0) is 14.9 Å². The summed E-state index contributed by atoms with van der Waals surface area (Å²) in [4.78, 5) is 16.9. The van der Waals surface area contributed by atoms with E-state index in [1.54, 1.807) is 0 Å². The van der Waals surface area contributed by atoms with Crippen LogP contribution < -0.4 is 0 Å². The molecule has 1 aliphatic rings. The Balaban J connectivity index is 1.73. The fourth-order valence-corrected chi connectivity index (χ4v) is 3.13. The quantitative estimate of drug-likeness (QED) is 0.690. The van der Waals surface area contributed by atoms with E-state index >= 15 is 0 Å². The first-order valence-electron chi connectivity index (χ1n) is 8.92. The summed E-state index contributed by atoms with van der Waals surface area (Å²) in [5.41, 5.74) is 0.420. The second kappa shape index (κ2) is 8.86. The van der Waals surface area contributed by atoms with Crippen LogP contribution in [0.4, 0.5) is 13.2 Å². The standard InChI is InChI=1S/C19H27F3N2O2/c1-18(2,16-7-4-3-5-8-16)17(25)24-12-10-23(11-13-24)9-6-14-26-15-19(20,21)22/h3-5,7-8H,6,9-15H2,1-2H3. The highest BCUT2D eigenvalue weighted by atomic mass is 19.4. The van der Waals surface area contributed by atoms with Gasteiger partial charge in [-0.1, -0.05) is 30.3 Å². The Morgan fingerprint density at radius 1 is 1.08 bits per heavy atom. The molecule has 0 N–H and O–H groups in total. The number of benzene rings is 1. The van der Waals surface area contributed by atoms with E-state index < -0.39 is 18.2 Å². The Bertz CT molecular complexity index is 568. The summed E-state index contributed by atoms with van der Waals surface area (Å²) in [6, 6.07) is 9.73. The highest BCUT2D eigenvalue weighted by Crippen LogP contribution is 2.26. The molecule has 0 atom stereocenters. The third-order valence-corrected chi connectivity index (χ3v) is 4.72. The molecular formula is C19H27F3N2O2. The van der Waals surface area contributed by atoms with Gasteiger partial charge >= 0.3 is 6.18 Å². The predicted octanol–water partition coefficient (Wildman–Crippen LogP) is 3.08. The van der Waals surface area contributed by atoms with Gasteiger partial charge < -0.3 is 9.64 Å². The van der Waals surface area contributed by atoms with Crippen molar-refractivity contribution in [2.75, 3.05) is 45.9 Å². The number of alkyl halides is 3. The van der Waals surface area contributed by atoms with Crippen molar-refractivity contribution in [3.63, 3.8) is 0 Å². The van der Waals surface area contributed by atoms with Crippen molar-refractivity contribution >= 4 is 5.91 Å². The Morgan fingerprint density at radius 3 is 2.27 bits per heavy atom. The number of piperazine rings is 1. The van der Waals surface area contributed by atoms with E-state index in [-0.39, 0.29) is 12.5 Å². The van der Waals surface area contributed by atoms with E-state index in [9.17, 15) is 18.0 Å². The number of rotatable bonds is 7. The van der Waals surface area contributed by atoms with Crippen LogP contribution >= 0.6 is 0 Å². The molecule has 26 heavy (non-hydrogen) atoms. The van der Waals surface area contributed by atoms with Gasteiger partial charge in [0.2, 0.25) is 5.91 Å². The molecule has 1 fully saturated rings. The molecule has 0 saturated carbocycles. The maximum Gasteiger partial charge on any atom is 0.411 e. The van der Waals surface area contributed by atoms with Gasteiger partial charge in [0.25, 0.3) is 0 Å². The topological polar surface area (TPSA) is 32.8 Å². The van der Waals surface area contributed by atoms with E-state index in [0.717, 1.165) is 18.7 Å². The summed E-state index contributed by atoms with van der Waals surface area (Å²) in [7, 11) is 0. The molecule has 1 aromatic rings. The van der Waals surface area contributed by atoms with Crippen LogP contribution in [0.15, 0.2) is 30.3 Å². The van der Waals surface area contributed by atoms with Crippen LogP contribution in [0.3, 0.4) is 0 Å². The number of amides is 1. The van der Waals surface area contributed by atoms with Gasteiger partial charge in [-0.05, 0) is 25.8 Å². The molecule has 0 aliphatic carbocycles. The zero-order chi connectivity index (χ0) is 19.2. The number of carbonyl (C=O) groups is 1. The molecule has 0 radical (unpaired) electrons. The molecular weight excluding hydrogens is 345 g/mol. The number of hydrogen-bond donors (Lipinski definition) is 0. The lowest BCUT2D eigenvalue weighted by Gasteiger charge is -2.38. The molecule has 4 nitrogen and oxygen atoms in total. The summed E-state index contributed by atoms with van der Waals surface area (Å²) >= 11 is 0. The molecule has 0 spiro atoms. The van der Waals surface area contributed by atoms with E-state index in [4.69, 9.17) is 0 Å². The molecule has 7 heteroatoms. The molecule has 2 rings (SSSR count). The number of carbonyl (C=O) groups excluding carboxylic acids is 1. The van der Waals surface area contributed by atoms with Gasteiger partial charge in [0.05, 0.1) is 5.41 Å². The second-order valence-corrected chi connectivity index (χ2v) is 7.15. The van der Waals surface area contributed by atoms with Crippen LogP contribution in [0, 0.1) is 0 Å². The summed E-state index contributed by atoms with van der Waals surface area (Å²) in [6.45, 7) is 6.21. The van der Waals surface area contributed by atoms with Crippen LogP contribution in [0.25, 0.3) is 0 Å². The third-order valence-electron chi connectivity index (χ3n) is 4.72. The van der Waals surface area contributed by atoms with Gasteiger partial charge in [-0.25, -0.2) is 0 Å². The summed E-state index contributed by atoms with van der Waals surface area (Å²) in [6.07, 6.45) is -3.71. The molecule has 1 amide bonds. The van der Waals surface area contributed by atoms with Gasteiger partial charge in [0.1, 0.15) is 6.61 Å². The van der Waals surface area contributed by atoms with Crippen LogP contribution in [0.2, 0.25) is 0 Å². The number of halogens is 3. The molecule has 146 valence electrons. The van der Waals surface area contributed by atoms with Gasteiger partial charge in [0, 0.05) is 39.3 Å². The Labute approximate surface area is 152 Å². The minimum absolute atomic E-state index is 0.0969. The van der Waals surface area contributed by atoms with Crippen molar-refractivity contribution in [3.05, 3.63) is 35.9 Å². The number of hydrogen-bond acceptors (Lipinski definition) is 3. The first-order valence-corrected chi connectivity index (χ1v) is 8.92. The highest BCUT2D eigenvalue weighted by molar-refractivity contribution is 5.87. The monoisotopic (exact) mass is 372 g/mol. The predicted molar refractivity (Wildman–Crippen MR) is 94.0 cm³/mol. The molecule has 1 aromatic carbocycles. The molecule has 1 heterocycles. The largest absolute Gasteiger partial charge is 0.411 e. The molecule has 1 saturated heterocycles. The van der Waals surface area contributed by atoms with Gasteiger partial charge in [0.15, 0.2) is 0 Å². The highest BCUT2D eigenvalue weighted by Gasteiger charge is 2.35. The van der Waals surface area contributed by atoms with Crippen molar-refractivity contribution in [3.8, 4) is 0 Å². The third kappa shape index (κ3) is 5.99. The summed E-state index contributed by atoms with van der Waals surface area (Å²) in [5.74, 6) is 0.108. The molecule has 0 unspecified atom stereocenters. The fraction of sp³-hybridized carbons (Fsp3) is 0.632. The Kier molecular flexibility index (Phi) is 7.06. The van der Waals surface area contributed by atoms with Crippen LogP contribution in [0.1, 0.15) is 25.8 Å². The summed E-state index contributed by atoms with van der Waals surface area (Å²) < 4.78 is 40.6. The smallest absolute Gasteiger partial charge is 0.372 e. The van der Waals surface area contributed by atoms with Crippen LogP contribution in [-0.4, -0.2) is 67.8 Å². The zero-order valence-corrected chi connectivity index (χ0v) is 15.4. The van der Waals surface area contributed by atoms with E-state index in [1.807, 2.05) is 49.1 Å². The second-order valence-electron chi connectivity index (χ2n) is 7.15. The average molecular weight is 372 g/mol. The van der Waals surface area contributed by atoms with Gasteiger partial charge in [-0.3, -0.25) is 9.69 Å². The molecule has 0 aromatic heterocycles. The first-order chi connectivity index (χ1) is 12.2. The first kappa shape index (κ1) is 20.7. The maximum atomic E-state index is 12.9. The van der Waals surface area contributed by atoms with Gasteiger partial charge in [-0.15, -0.1) is 0 Å². The normalized spacial score (nSPS) is 16.7. The van der Waals surface area contributed by atoms with Gasteiger partial charge in [-0.2, -0.15) is 13.2 Å². The number of nitrogens with zero attached hydrogens (tertiary/aromatic N) is 2. The Hall–Kier alpha value is -1.60. The minimum atomic E-state index is -4.27. The molecule has 1 aliphatic heterocycles. The van der Waals surface area contributed by atoms with Crippen molar-refractivity contribution in [1.82, 2.24) is 9.80 Å². The number of ether oxygens (including phenoxy) is 1. The van der Waals surface area contributed by atoms with Crippen molar-refractivity contribution < 1.29 is 22.7 Å². The van der Waals surface area contributed by atoms with E-state index in [0.29, 0.717) is 26.1 Å². The SMILES string of the molecule is CC(C)(C(=O)N1CCN(CCCOCC(F)(F)F)CC1)c1ccccc1. The lowest BCUT2D eigenvalue weighted by Crippen LogP contribution is -2.53. The van der Waals surface area contributed by atoms with E-state index in [1.165, 1.54) is 0 Å². The lowest BCUT2D eigenvalue weighted by molar-refractivity contribution is -0.174. The van der Waals surface area contributed by atoms with Crippen molar-refractivity contribution in [2.24, 2.45) is 0 Å². The van der Waals surface area contributed by atoms with Crippen LogP contribution in [0.5, 0.6) is 0 Å². The average Bonchev–Trinajstić information content (AvgIpc) is 2.61. The summed E-state index contributed by atoms with van der Waals surface area (Å²) in [5, 5.41) is 0. The van der Waals surface area contributed by atoms with Crippen molar-refractivity contribution in [2.45, 2.75) is 31.9 Å². The zero-order valence-electron chi connectivity index (χ0n) is 15.4. The van der Waals surface area contributed by atoms with Crippen molar-refractivity contribution in [1.29, 1.82) is 0 Å². The maximum absolute atomic E-state index is 12.9. The molecule has 0 bridgehead atoms.